The zero-order valence-electron chi connectivity index (χ0n) is 17.6. The van der Waals surface area contributed by atoms with Crippen molar-refractivity contribution in [1.82, 2.24) is 0 Å². The molecule has 6 heteroatoms. The van der Waals surface area contributed by atoms with Crippen molar-refractivity contribution in [1.29, 1.82) is 0 Å². The van der Waals surface area contributed by atoms with Gasteiger partial charge in [0.05, 0.1) is 13.2 Å². The van der Waals surface area contributed by atoms with Crippen LogP contribution in [0.25, 0.3) is 0 Å². The minimum atomic E-state index is -1.18. The first-order chi connectivity index (χ1) is 13.1. The molecule has 0 spiro atoms. The van der Waals surface area contributed by atoms with Gasteiger partial charge in [0.25, 0.3) is 0 Å². The van der Waals surface area contributed by atoms with Gasteiger partial charge < -0.3 is 19.3 Å². The van der Waals surface area contributed by atoms with E-state index in [-0.39, 0.29) is 47.6 Å². The number of rotatable bonds is 2. The number of aliphatic hydroxyl groups is 1. The molecule has 0 aromatic carbocycles. The Morgan fingerprint density at radius 2 is 1.82 bits per heavy atom. The Hall–Kier alpha value is -1.24. The highest BCUT2D eigenvalue weighted by molar-refractivity contribution is 6.00. The van der Waals surface area contributed by atoms with Gasteiger partial charge in [-0.3, -0.25) is 9.59 Å². The van der Waals surface area contributed by atoms with Gasteiger partial charge in [-0.2, -0.15) is 0 Å². The lowest BCUT2D eigenvalue weighted by Crippen LogP contribution is -2.73. The Morgan fingerprint density at radius 3 is 2.43 bits per heavy atom. The first-order valence-corrected chi connectivity index (χ1v) is 10.3. The van der Waals surface area contributed by atoms with Gasteiger partial charge in [-0.15, -0.1) is 0 Å². The molecule has 0 aromatic heterocycles. The summed E-state index contributed by atoms with van der Waals surface area (Å²) in [6.45, 7) is 8.01. The zero-order valence-corrected chi connectivity index (χ0v) is 17.6. The van der Waals surface area contributed by atoms with Crippen LogP contribution in [0.5, 0.6) is 0 Å². The Kier molecular flexibility index (Phi) is 4.57. The van der Waals surface area contributed by atoms with Gasteiger partial charge in [-0.05, 0) is 30.3 Å². The highest BCUT2D eigenvalue weighted by Crippen LogP contribution is 2.68. The lowest BCUT2D eigenvalue weighted by Gasteiger charge is -2.67. The van der Waals surface area contributed by atoms with Crippen LogP contribution >= 0.6 is 0 Å². The fourth-order valence-electron chi connectivity index (χ4n) is 7.30. The number of aliphatic hydroxyl groups excluding tert-OH is 1. The Bertz CT molecular complexity index is 731. The van der Waals surface area contributed by atoms with Crippen molar-refractivity contribution in [2.75, 3.05) is 14.2 Å². The fourth-order valence-corrected chi connectivity index (χ4v) is 7.30. The van der Waals surface area contributed by atoms with Crippen LogP contribution in [0.3, 0.4) is 0 Å². The highest BCUT2D eigenvalue weighted by Gasteiger charge is 2.72. The third kappa shape index (κ3) is 2.25. The second-order valence-corrected chi connectivity index (χ2v) is 9.66. The minimum Gasteiger partial charge on any atom is -0.493 e. The summed E-state index contributed by atoms with van der Waals surface area (Å²) in [5.41, 5.74) is -1.36. The molecular weight excluding hydrogens is 360 g/mol. The summed E-state index contributed by atoms with van der Waals surface area (Å²) in [4.78, 5) is 26.6. The van der Waals surface area contributed by atoms with E-state index in [2.05, 4.69) is 13.8 Å². The van der Waals surface area contributed by atoms with Gasteiger partial charge in [-0.1, -0.05) is 27.7 Å². The Balaban J connectivity index is 1.91. The first-order valence-electron chi connectivity index (χ1n) is 10.3. The van der Waals surface area contributed by atoms with E-state index < -0.39 is 22.9 Å². The molecule has 0 radical (unpaired) electrons. The lowest BCUT2D eigenvalue weighted by molar-refractivity contribution is -0.307. The molecule has 1 aliphatic heterocycles. The second-order valence-electron chi connectivity index (χ2n) is 9.66. The minimum absolute atomic E-state index is 0.00474. The molecule has 1 N–H and O–H groups in total. The van der Waals surface area contributed by atoms with Gasteiger partial charge in [-0.25, -0.2) is 0 Å². The second kappa shape index (κ2) is 6.38. The summed E-state index contributed by atoms with van der Waals surface area (Å²) in [6, 6.07) is 0. The van der Waals surface area contributed by atoms with E-state index in [1.165, 1.54) is 7.11 Å². The predicted molar refractivity (Wildman–Crippen MR) is 101 cm³/mol. The number of methoxy groups -OCH3 is 2. The zero-order chi connectivity index (χ0) is 20.6. The molecule has 4 rings (SSSR count). The third-order valence-electron chi connectivity index (χ3n) is 8.71. The maximum absolute atomic E-state index is 13.5. The number of hydrogen-bond donors (Lipinski definition) is 1. The quantitative estimate of drug-likeness (QED) is 0.777. The normalized spacial score (nSPS) is 53.2. The number of carbonyl (C=O) groups excluding carboxylic acids is 2. The predicted octanol–water partition coefficient (Wildman–Crippen LogP) is 2.34. The number of Topliss-reactive ketones (excluding diaryl/α,β-unsaturated/α-hetero) is 2. The molecule has 2 unspecified atom stereocenters. The van der Waals surface area contributed by atoms with Gasteiger partial charge in [0, 0.05) is 36.2 Å². The average molecular weight is 392 g/mol. The molecule has 156 valence electrons. The van der Waals surface area contributed by atoms with Gasteiger partial charge >= 0.3 is 0 Å². The highest BCUT2D eigenvalue weighted by atomic mass is 16.7. The van der Waals surface area contributed by atoms with E-state index in [4.69, 9.17) is 14.2 Å². The van der Waals surface area contributed by atoms with E-state index in [1.54, 1.807) is 7.11 Å². The molecule has 3 fully saturated rings. The van der Waals surface area contributed by atoms with Crippen LogP contribution < -0.4 is 0 Å². The van der Waals surface area contributed by atoms with Crippen LogP contribution in [-0.2, 0) is 23.8 Å². The van der Waals surface area contributed by atoms with Crippen LogP contribution in [0.4, 0.5) is 0 Å². The summed E-state index contributed by atoms with van der Waals surface area (Å²) in [5, 5.41) is 11.2. The number of allylic oxidation sites excluding steroid dienone is 2. The maximum Gasteiger partial charge on any atom is 0.203 e. The smallest absolute Gasteiger partial charge is 0.203 e. The Morgan fingerprint density at radius 1 is 1.14 bits per heavy atom. The van der Waals surface area contributed by atoms with E-state index >= 15 is 0 Å². The van der Waals surface area contributed by atoms with Crippen LogP contribution in [0.2, 0.25) is 0 Å². The molecule has 6 nitrogen and oxygen atoms in total. The monoisotopic (exact) mass is 392 g/mol. The third-order valence-corrected chi connectivity index (χ3v) is 8.71. The molecule has 0 aromatic rings. The van der Waals surface area contributed by atoms with E-state index in [1.807, 2.05) is 19.9 Å². The summed E-state index contributed by atoms with van der Waals surface area (Å²) in [7, 11) is 3.13. The van der Waals surface area contributed by atoms with Crippen LogP contribution in [0.1, 0.15) is 40.5 Å². The molecule has 0 bridgehead atoms. The summed E-state index contributed by atoms with van der Waals surface area (Å²) in [6.07, 6.45) is 1.47. The van der Waals surface area contributed by atoms with Crippen molar-refractivity contribution < 1.29 is 28.9 Å². The first kappa shape index (κ1) is 20.0. The molecule has 28 heavy (non-hydrogen) atoms. The summed E-state index contributed by atoms with van der Waals surface area (Å²) in [5.74, 6) is -0.693. The molecule has 3 aliphatic carbocycles. The number of ether oxygens (including phenoxy) is 3. The maximum atomic E-state index is 13.5. The molecule has 2 saturated carbocycles. The summed E-state index contributed by atoms with van der Waals surface area (Å²) >= 11 is 0. The summed E-state index contributed by atoms with van der Waals surface area (Å²) < 4.78 is 17.3. The van der Waals surface area contributed by atoms with Gasteiger partial charge in [0.1, 0.15) is 6.10 Å². The van der Waals surface area contributed by atoms with Crippen LogP contribution in [0, 0.1) is 40.4 Å². The molecule has 1 heterocycles. The van der Waals surface area contributed by atoms with Crippen molar-refractivity contribution in [3.05, 3.63) is 11.8 Å². The number of carbonyl (C=O) groups is 2. The molecule has 10 atom stereocenters. The molecular formula is C22H32O6. The Labute approximate surface area is 166 Å². The number of hydrogen-bond acceptors (Lipinski definition) is 6. The van der Waals surface area contributed by atoms with Crippen LogP contribution in [0.15, 0.2) is 11.8 Å². The van der Waals surface area contributed by atoms with Gasteiger partial charge in [0.15, 0.2) is 17.8 Å². The number of ketones is 2. The lowest BCUT2D eigenvalue weighted by atomic mass is 9.38. The topological polar surface area (TPSA) is 82.1 Å². The van der Waals surface area contributed by atoms with Crippen molar-refractivity contribution in [3.63, 3.8) is 0 Å². The van der Waals surface area contributed by atoms with Crippen molar-refractivity contribution in [3.8, 4) is 0 Å². The molecule has 0 amide bonds. The average Bonchev–Trinajstić information content (AvgIpc) is 2.66. The van der Waals surface area contributed by atoms with Crippen molar-refractivity contribution >= 4 is 11.6 Å². The molecule has 4 aliphatic rings. The van der Waals surface area contributed by atoms with Crippen molar-refractivity contribution in [2.45, 2.75) is 59.0 Å². The largest absolute Gasteiger partial charge is 0.493 e. The van der Waals surface area contributed by atoms with E-state index in [9.17, 15) is 14.7 Å². The van der Waals surface area contributed by atoms with Gasteiger partial charge in [0.2, 0.25) is 5.78 Å². The van der Waals surface area contributed by atoms with E-state index in [0.717, 1.165) is 0 Å². The molecule has 1 saturated heterocycles. The van der Waals surface area contributed by atoms with Crippen LogP contribution in [-0.4, -0.2) is 49.4 Å². The standard InChI is InChI=1S/C22H32O6/c1-10-7-14(26-5)20(25)22(4)12(10)8-15-21(3)13(9-16(27-6)28-15)11(2)17(23)18(24)19(21)22/h7,10-13,15-16,18-19,24H,8-9H2,1-6H3/t10-,11?,12+,13+,15-,16+,18?,19+,21-,22+/m1/s1. The number of fused-ring (bicyclic) bond motifs is 2. The van der Waals surface area contributed by atoms with E-state index in [0.29, 0.717) is 18.6 Å². The SMILES string of the molecule is COC1=C[C@@H](C)[C@@H]2C[C@H]3O[C@H](OC)C[C@H]4C(C)C(=O)C(O)[C@H]([C@@]2(C)C1=O)[C@@]34C. The fraction of sp³-hybridized carbons (Fsp3) is 0.818. The van der Waals surface area contributed by atoms with Crippen molar-refractivity contribution in [2.24, 2.45) is 40.4 Å².